The molecule has 0 unspecified atom stereocenters. The summed E-state index contributed by atoms with van der Waals surface area (Å²) in [5, 5.41) is 0.777. The summed E-state index contributed by atoms with van der Waals surface area (Å²) in [6, 6.07) is 6.95. The van der Waals surface area contributed by atoms with Crippen molar-refractivity contribution < 1.29 is 22.6 Å². The van der Waals surface area contributed by atoms with E-state index in [9.17, 15) is 8.42 Å². The fraction of sp³-hybridized carbons (Fsp3) is 0.500. The van der Waals surface area contributed by atoms with Gasteiger partial charge in [0.25, 0.3) is 0 Å². The predicted molar refractivity (Wildman–Crippen MR) is 136 cm³/mol. The Morgan fingerprint density at radius 2 is 2.00 bits per heavy atom. The zero-order valence-electron chi connectivity index (χ0n) is 20.6. The summed E-state index contributed by atoms with van der Waals surface area (Å²) in [6.45, 7) is 5.93. The third-order valence-corrected chi connectivity index (χ3v) is 9.18. The highest BCUT2D eigenvalue weighted by Crippen LogP contribution is 2.35. The average molecular weight is 521 g/mol. The minimum atomic E-state index is -3.58. The van der Waals surface area contributed by atoms with Gasteiger partial charge in [0.15, 0.2) is 16.7 Å². The standard InChI is InChI=1S/C24H32N4O5S2/c1-5-27(6-2)35(29,30)18-9-10-21-19(14-18)26-24(28(21)15-17-8-7-13-33-17)34-16-20-23(32-4)22(31-3)11-12-25-20/h9-12,14,17H,5-8,13,15-16H2,1-4H3/t17-/m1/s1. The lowest BCUT2D eigenvalue weighted by atomic mass is 10.2. The number of rotatable bonds is 11. The van der Waals surface area contributed by atoms with E-state index >= 15 is 0 Å². The topological polar surface area (TPSA) is 95.8 Å². The zero-order chi connectivity index (χ0) is 25.0. The molecule has 1 atom stereocenters. The largest absolute Gasteiger partial charge is 0.493 e. The highest BCUT2D eigenvalue weighted by molar-refractivity contribution is 7.98. The summed E-state index contributed by atoms with van der Waals surface area (Å²) < 4.78 is 46.6. The molecule has 0 spiro atoms. The van der Waals surface area contributed by atoms with Crippen LogP contribution >= 0.6 is 11.8 Å². The molecular formula is C24H32N4O5S2. The van der Waals surface area contributed by atoms with Crippen LogP contribution in [0.1, 0.15) is 32.4 Å². The molecule has 2 aromatic heterocycles. The number of ether oxygens (including phenoxy) is 3. The predicted octanol–water partition coefficient (Wildman–Crippen LogP) is 3.95. The molecule has 1 saturated heterocycles. The summed E-state index contributed by atoms with van der Waals surface area (Å²) in [5.74, 6) is 1.73. The first-order valence-corrected chi connectivity index (χ1v) is 14.2. The zero-order valence-corrected chi connectivity index (χ0v) is 22.2. The number of hydrogen-bond acceptors (Lipinski definition) is 8. The molecule has 0 amide bonds. The molecule has 4 rings (SSSR count). The van der Waals surface area contributed by atoms with Crippen molar-refractivity contribution in [1.29, 1.82) is 0 Å². The van der Waals surface area contributed by atoms with E-state index in [1.165, 1.54) is 16.1 Å². The number of thioether (sulfide) groups is 1. The van der Waals surface area contributed by atoms with Gasteiger partial charge in [-0.1, -0.05) is 25.6 Å². The molecular weight excluding hydrogens is 488 g/mol. The van der Waals surface area contributed by atoms with Crippen molar-refractivity contribution in [3.63, 3.8) is 0 Å². The van der Waals surface area contributed by atoms with Crippen LogP contribution in [-0.2, 0) is 27.1 Å². The Labute approximate surface area is 210 Å². The summed E-state index contributed by atoms with van der Waals surface area (Å²) in [4.78, 5) is 9.57. The van der Waals surface area contributed by atoms with Crippen LogP contribution in [0.25, 0.3) is 11.0 Å². The molecule has 3 heterocycles. The van der Waals surface area contributed by atoms with E-state index in [0.717, 1.165) is 35.8 Å². The van der Waals surface area contributed by atoms with Gasteiger partial charge in [-0.2, -0.15) is 4.31 Å². The van der Waals surface area contributed by atoms with E-state index in [2.05, 4.69) is 9.55 Å². The van der Waals surface area contributed by atoms with E-state index in [1.54, 1.807) is 38.6 Å². The highest BCUT2D eigenvalue weighted by atomic mass is 32.2. The lowest BCUT2D eigenvalue weighted by Gasteiger charge is -2.18. The molecule has 0 bridgehead atoms. The van der Waals surface area contributed by atoms with E-state index in [-0.39, 0.29) is 11.0 Å². The van der Waals surface area contributed by atoms with E-state index in [4.69, 9.17) is 19.2 Å². The van der Waals surface area contributed by atoms with Crippen LogP contribution in [0.3, 0.4) is 0 Å². The van der Waals surface area contributed by atoms with Gasteiger partial charge >= 0.3 is 0 Å². The smallest absolute Gasteiger partial charge is 0.243 e. The first kappa shape index (κ1) is 25.7. The number of imidazole rings is 1. The third-order valence-electron chi connectivity index (χ3n) is 6.14. The van der Waals surface area contributed by atoms with E-state index in [1.807, 2.05) is 19.9 Å². The number of fused-ring (bicyclic) bond motifs is 1. The quantitative estimate of drug-likeness (QED) is 0.351. The second-order valence-electron chi connectivity index (χ2n) is 8.16. The molecule has 1 aliphatic heterocycles. The second kappa shape index (κ2) is 11.2. The Bertz CT molecular complexity index is 1270. The van der Waals surface area contributed by atoms with Gasteiger partial charge in [-0.3, -0.25) is 4.98 Å². The Hall–Kier alpha value is -2.34. The second-order valence-corrected chi connectivity index (χ2v) is 11.0. The Kier molecular flexibility index (Phi) is 8.20. The molecule has 3 aromatic rings. The molecule has 35 heavy (non-hydrogen) atoms. The molecule has 0 N–H and O–H groups in total. The minimum Gasteiger partial charge on any atom is -0.493 e. The van der Waals surface area contributed by atoms with Gasteiger partial charge in [-0.25, -0.2) is 13.4 Å². The van der Waals surface area contributed by atoms with Crippen molar-refractivity contribution in [1.82, 2.24) is 18.8 Å². The maximum Gasteiger partial charge on any atom is 0.243 e. The van der Waals surface area contributed by atoms with Crippen LogP contribution in [0.2, 0.25) is 0 Å². The van der Waals surface area contributed by atoms with Crippen LogP contribution in [0.4, 0.5) is 0 Å². The number of methoxy groups -OCH3 is 2. The van der Waals surface area contributed by atoms with Gasteiger partial charge in [0, 0.05) is 37.7 Å². The maximum atomic E-state index is 13.1. The molecule has 0 saturated carbocycles. The van der Waals surface area contributed by atoms with Gasteiger partial charge in [0.05, 0.1) is 48.5 Å². The van der Waals surface area contributed by atoms with Crippen molar-refractivity contribution in [2.24, 2.45) is 0 Å². The van der Waals surface area contributed by atoms with Crippen LogP contribution < -0.4 is 9.47 Å². The molecule has 1 fully saturated rings. The Morgan fingerprint density at radius 1 is 1.20 bits per heavy atom. The lowest BCUT2D eigenvalue weighted by molar-refractivity contribution is 0.0960. The highest BCUT2D eigenvalue weighted by Gasteiger charge is 2.25. The molecule has 0 radical (unpaired) electrons. The molecule has 190 valence electrons. The van der Waals surface area contributed by atoms with Crippen LogP contribution in [0, 0.1) is 0 Å². The number of benzene rings is 1. The van der Waals surface area contributed by atoms with E-state index in [0.29, 0.717) is 42.4 Å². The summed E-state index contributed by atoms with van der Waals surface area (Å²) in [5.41, 5.74) is 2.27. The Morgan fingerprint density at radius 3 is 2.66 bits per heavy atom. The molecule has 1 aliphatic rings. The molecule has 0 aliphatic carbocycles. The molecule has 1 aromatic carbocycles. The number of sulfonamides is 1. The van der Waals surface area contributed by atoms with Crippen molar-refractivity contribution in [2.75, 3.05) is 33.9 Å². The number of nitrogens with zero attached hydrogens (tertiary/aromatic N) is 4. The average Bonchev–Trinajstić information content (AvgIpc) is 3.50. The van der Waals surface area contributed by atoms with Crippen molar-refractivity contribution in [3.05, 3.63) is 36.2 Å². The summed E-state index contributed by atoms with van der Waals surface area (Å²) in [7, 11) is -0.386. The van der Waals surface area contributed by atoms with Gasteiger partial charge in [-0.15, -0.1) is 0 Å². The van der Waals surface area contributed by atoms with Crippen molar-refractivity contribution >= 4 is 32.8 Å². The summed E-state index contributed by atoms with van der Waals surface area (Å²) >= 11 is 1.53. The molecule has 11 heteroatoms. The van der Waals surface area contributed by atoms with Crippen LogP contribution in [0.5, 0.6) is 11.5 Å². The van der Waals surface area contributed by atoms with Gasteiger partial charge < -0.3 is 18.8 Å². The number of hydrogen-bond donors (Lipinski definition) is 0. The van der Waals surface area contributed by atoms with Crippen LogP contribution in [0.15, 0.2) is 40.5 Å². The van der Waals surface area contributed by atoms with Gasteiger partial charge in [0.1, 0.15) is 0 Å². The fourth-order valence-electron chi connectivity index (χ4n) is 4.33. The van der Waals surface area contributed by atoms with Gasteiger partial charge in [-0.05, 0) is 31.0 Å². The SMILES string of the molecule is CCN(CC)S(=O)(=O)c1ccc2c(c1)nc(SCc1nccc(OC)c1OC)n2C[C@H]1CCCO1. The monoisotopic (exact) mass is 520 g/mol. The lowest BCUT2D eigenvalue weighted by Crippen LogP contribution is -2.30. The fourth-order valence-corrected chi connectivity index (χ4v) is 6.77. The molecule has 9 nitrogen and oxygen atoms in total. The minimum absolute atomic E-state index is 0.107. The van der Waals surface area contributed by atoms with Crippen molar-refractivity contribution in [2.45, 2.75) is 55.1 Å². The van der Waals surface area contributed by atoms with E-state index < -0.39 is 10.0 Å². The first-order valence-electron chi connectivity index (χ1n) is 11.7. The van der Waals surface area contributed by atoms with Crippen molar-refractivity contribution in [3.8, 4) is 11.5 Å². The van der Waals surface area contributed by atoms with Crippen LogP contribution in [-0.4, -0.2) is 67.3 Å². The normalized spacial score (nSPS) is 16.3. The Balaban J connectivity index is 1.71. The van der Waals surface area contributed by atoms with Gasteiger partial charge in [0.2, 0.25) is 10.0 Å². The third kappa shape index (κ3) is 5.28. The summed E-state index contributed by atoms with van der Waals surface area (Å²) in [6.07, 6.45) is 3.83. The first-order chi connectivity index (χ1) is 16.9. The number of aromatic nitrogens is 3. The maximum absolute atomic E-state index is 13.1. The number of pyridine rings is 1.